The molecule has 1 heterocycles. The predicted octanol–water partition coefficient (Wildman–Crippen LogP) is 3.58. The molecule has 1 aromatic heterocycles. The highest BCUT2D eigenvalue weighted by Crippen LogP contribution is 2.20. The van der Waals surface area contributed by atoms with Crippen molar-refractivity contribution < 1.29 is 4.74 Å². The van der Waals surface area contributed by atoms with Crippen molar-refractivity contribution in [3.63, 3.8) is 0 Å². The average Bonchev–Trinajstić information content (AvgIpc) is 2.98. The molecule has 0 radical (unpaired) electrons. The summed E-state index contributed by atoms with van der Waals surface area (Å²) in [6.07, 6.45) is 1.72. The van der Waals surface area contributed by atoms with Crippen molar-refractivity contribution in [2.75, 3.05) is 12.1 Å². The van der Waals surface area contributed by atoms with Crippen LogP contribution in [0.15, 0.2) is 59.7 Å². The van der Waals surface area contributed by atoms with E-state index in [4.69, 9.17) is 17.0 Å². The maximum absolute atomic E-state index is 5.45. The van der Waals surface area contributed by atoms with Gasteiger partial charge in [0.15, 0.2) is 5.82 Å². The molecule has 0 aliphatic heterocycles. The molecule has 122 valence electrons. The molecular formula is C17H17N5OS. The van der Waals surface area contributed by atoms with E-state index in [9.17, 15) is 0 Å². The quantitative estimate of drug-likeness (QED) is 0.409. The Morgan fingerprint density at radius 1 is 1.21 bits per heavy atom. The van der Waals surface area contributed by atoms with E-state index < -0.39 is 0 Å². The standard InChI is InChI=1S/C17H17N5OS/c1-2-23-15-10-8-14(9-11-15)16-19-20-17(24)22(16)21-18-12-13-6-4-3-5-7-13/h3-12,21H,2H2,1H3,(H,20,24). The third kappa shape index (κ3) is 3.69. The van der Waals surface area contributed by atoms with E-state index in [1.54, 1.807) is 10.9 Å². The van der Waals surface area contributed by atoms with Crippen LogP contribution >= 0.6 is 12.2 Å². The van der Waals surface area contributed by atoms with Crippen molar-refractivity contribution in [3.05, 3.63) is 64.9 Å². The first-order valence-corrected chi connectivity index (χ1v) is 7.93. The van der Waals surface area contributed by atoms with Crippen molar-refractivity contribution in [1.82, 2.24) is 14.9 Å². The number of hydrogen-bond donors (Lipinski definition) is 2. The zero-order valence-electron chi connectivity index (χ0n) is 13.1. The van der Waals surface area contributed by atoms with E-state index >= 15 is 0 Å². The Hall–Kier alpha value is -2.93. The van der Waals surface area contributed by atoms with Gasteiger partial charge in [-0.2, -0.15) is 14.9 Å². The first-order chi connectivity index (χ1) is 11.8. The van der Waals surface area contributed by atoms with Gasteiger partial charge in [0.25, 0.3) is 0 Å². The van der Waals surface area contributed by atoms with Gasteiger partial charge in [-0.25, -0.2) is 10.6 Å². The number of nitrogens with zero attached hydrogens (tertiary/aromatic N) is 3. The van der Waals surface area contributed by atoms with Crippen LogP contribution in [-0.2, 0) is 0 Å². The van der Waals surface area contributed by atoms with Crippen LogP contribution < -0.4 is 10.3 Å². The summed E-state index contributed by atoms with van der Waals surface area (Å²) in [6.45, 7) is 2.58. The smallest absolute Gasteiger partial charge is 0.216 e. The molecule has 7 heteroatoms. The van der Waals surface area contributed by atoms with Crippen LogP contribution in [0.2, 0.25) is 0 Å². The lowest BCUT2D eigenvalue weighted by Gasteiger charge is -2.07. The van der Waals surface area contributed by atoms with E-state index in [0.717, 1.165) is 16.9 Å². The number of aromatic nitrogens is 3. The van der Waals surface area contributed by atoms with Crippen molar-refractivity contribution in [1.29, 1.82) is 0 Å². The van der Waals surface area contributed by atoms with Gasteiger partial charge in [0, 0.05) is 5.56 Å². The molecule has 2 N–H and O–H groups in total. The zero-order valence-corrected chi connectivity index (χ0v) is 14.0. The molecular weight excluding hydrogens is 322 g/mol. The normalized spacial score (nSPS) is 10.9. The molecule has 2 aromatic carbocycles. The Kier molecular flexibility index (Phi) is 5.02. The number of hydrazone groups is 1. The molecule has 0 spiro atoms. The molecule has 0 bridgehead atoms. The molecule has 3 rings (SSSR count). The monoisotopic (exact) mass is 339 g/mol. The predicted molar refractivity (Wildman–Crippen MR) is 97.4 cm³/mol. The second-order valence-corrected chi connectivity index (χ2v) is 5.30. The number of benzene rings is 2. The Labute approximate surface area is 144 Å². The van der Waals surface area contributed by atoms with Crippen molar-refractivity contribution in [2.24, 2.45) is 5.10 Å². The van der Waals surface area contributed by atoms with Gasteiger partial charge >= 0.3 is 0 Å². The van der Waals surface area contributed by atoms with E-state index in [1.807, 2.05) is 61.5 Å². The first kappa shape index (κ1) is 15.9. The lowest BCUT2D eigenvalue weighted by atomic mass is 10.2. The number of nitrogens with one attached hydrogen (secondary N) is 2. The molecule has 0 unspecified atom stereocenters. The number of rotatable bonds is 6. The summed E-state index contributed by atoms with van der Waals surface area (Å²) in [5.41, 5.74) is 4.79. The largest absolute Gasteiger partial charge is 0.494 e. The fraction of sp³-hybridized carbons (Fsp3) is 0.118. The molecule has 0 saturated heterocycles. The fourth-order valence-corrected chi connectivity index (χ4v) is 2.32. The topological polar surface area (TPSA) is 67.2 Å². The summed E-state index contributed by atoms with van der Waals surface area (Å²) in [5, 5.41) is 11.2. The van der Waals surface area contributed by atoms with Crippen LogP contribution in [0, 0.1) is 4.77 Å². The number of ether oxygens (including phenoxy) is 1. The minimum absolute atomic E-state index is 0.434. The summed E-state index contributed by atoms with van der Waals surface area (Å²) in [4.78, 5) is 0. The van der Waals surface area contributed by atoms with Crippen molar-refractivity contribution in [2.45, 2.75) is 6.92 Å². The first-order valence-electron chi connectivity index (χ1n) is 7.52. The maximum atomic E-state index is 5.45. The molecule has 0 fully saturated rings. The molecule has 0 aliphatic carbocycles. The van der Waals surface area contributed by atoms with Gasteiger partial charge in [0.05, 0.1) is 12.8 Å². The van der Waals surface area contributed by atoms with Gasteiger partial charge in [0.2, 0.25) is 4.77 Å². The second-order valence-electron chi connectivity index (χ2n) is 4.91. The lowest BCUT2D eigenvalue weighted by molar-refractivity contribution is 0.340. The number of H-pyrrole nitrogens is 1. The average molecular weight is 339 g/mol. The van der Waals surface area contributed by atoms with Gasteiger partial charge in [-0.15, -0.1) is 0 Å². The molecule has 0 aliphatic rings. The van der Waals surface area contributed by atoms with Gasteiger partial charge in [-0.05, 0) is 49.0 Å². The summed E-state index contributed by atoms with van der Waals surface area (Å²) in [7, 11) is 0. The van der Waals surface area contributed by atoms with E-state index in [2.05, 4.69) is 20.8 Å². The highest BCUT2D eigenvalue weighted by Gasteiger charge is 2.08. The Bertz CT molecular complexity index is 868. The minimum atomic E-state index is 0.434. The summed E-state index contributed by atoms with van der Waals surface area (Å²) in [5.74, 6) is 1.46. The van der Waals surface area contributed by atoms with E-state index in [0.29, 0.717) is 17.2 Å². The SMILES string of the molecule is CCOc1ccc(-c2n[nH]c(=S)n2NN=Cc2ccccc2)cc1. The highest BCUT2D eigenvalue weighted by atomic mass is 32.1. The van der Waals surface area contributed by atoms with E-state index in [1.165, 1.54) is 0 Å². The van der Waals surface area contributed by atoms with E-state index in [-0.39, 0.29) is 0 Å². The Morgan fingerprint density at radius 3 is 2.67 bits per heavy atom. The van der Waals surface area contributed by atoms with Gasteiger partial charge in [0.1, 0.15) is 5.75 Å². The zero-order chi connectivity index (χ0) is 16.8. The van der Waals surface area contributed by atoms with Crippen LogP contribution in [-0.4, -0.2) is 27.7 Å². The van der Waals surface area contributed by atoms with Crippen LogP contribution in [0.1, 0.15) is 12.5 Å². The molecule has 0 atom stereocenters. The molecule has 0 saturated carbocycles. The lowest BCUT2D eigenvalue weighted by Crippen LogP contribution is -2.10. The molecule has 0 amide bonds. The van der Waals surface area contributed by atoms with Crippen molar-refractivity contribution in [3.8, 4) is 17.1 Å². The van der Waals surface area contributed by atoms with Gasteiger partial charge in [-0.3, -0.25) is 0 Å². The van der Waals surface area contributed by atoms with Crippen LogP contribution in [0.3, 0.4) is 0 Å². The third-order valence-electron chi connectivity index (χ3n) is 3.27. The second kappa shape index (κ2) is 7.56. The molecule has 3 aromatic rings. The van der Waals surface area contributed by atoms with Crippen LogP contribution in [0.25, 0.3) is 11.4 Å². The minimum Gasteiger partial charge on any atom is -0.494 e. The van der Waals surface area contributed by atoms with Gasteiger partial charge < -0.3 is 4.74 Å². The maximum Gasteiger partial charge on any atom is 0.216 e. The number of aromatic amines is 1. The Morgan fingerprint density at radius 2 is 1.96 bits per heavy atom. The number of hydrogen-bond acceptors (Lipinski definition) is 5. The highest BCUT2D eigenvalue weighted by molar-refractivity contribution is 7.71. The fourth-order valence-electron chi connectivity index (χ4n) is 2.15. The third-order valence-corrected chi connectivity index (χ3v) is 3.54. The summed E-state index contributed by atoms with van der Waals surface area (Å²) < 4.78 is 7.50. The van der Waals surface area contributed by atoms with Crippen molar-refractivity contribution >= 4 is 18.4 Å². The molecule has 24 heavy (non-hydrogen) atoms. The van der Waals surface area contributed by atoms with Crippen LogP contribution in [0.4, 0.5) is 0 Å². The van der Waals surface area contributed by atoms with Gasteiger partial charge in [-0.1, -0.05) is 30.3 Å². The summed E-state index contributed by atoms with van der Waals surface area (Å²) in [6, 6.07) is 17.4. The Balaban J connectivity index is 1.81. The summed E-state index contributed by atoms with van der Waals surface area (Å²) >= 11 is 5.25. The molecule has 6 nitrogen and oxygen atoms in total. The van der Waals surface area contributed by atoms with Crippen LogP contribution in [0.5, 0.6) is 5.75 Å².